The Morgan fingerprint density at radius 2 is 2.29 bits per heavy atom. The van der Waals surface area contributed by atoms with Gasteiger partial charge in [-0.25, -0.2) is 0 Å². The summed E-state index contributed by atoms with van der Waals surface area (Å²) in [7, 11) is 0. The minimum absolute atomic E-state index is 0.179. The van der Waals surface area contributed by atoms with Crippen LogP contribution in [0.15, 0.2) is 48.9 Å². The van der Waals surface area contributed by atoms with E-state index in [2.05, 4.69) is 34.3 Å². The van der Waals surface area contributed by atoms with Crippen molar-refractivity contribution in [2.24, 2.45) is 0 Å². The van der Waals surface area contributed by atoms with Gasteiger partial charge in [-0.2, -0.15) is 5.10 Å². The van der Waals surface area contributed by atoms with Gasteiger partial charge < -0.3 is 9.88 Å². The summed E-state index contributed by atoms with van der Waals surface area (Å²) in [5, 5.41) is 5.47. The second-order valence-corrected chi connectivity index (χ2v) is 6.51. The van der Waals surface area contributed by atoms with Crippen molar-refractivity contribution in [3.05, 3.63) is 54.5 Å². The second-order valence-electron chi connectivity index (χ2n) is 6.51. The quantitative estimate of drug-likeness (QED) is 0.755. The van der Waals surface area contributed by atoms with E-state index in [1.807, 2.05) is 30.3 Å². The SMILES string of the molecule is CCC(C(=O)N(Cc1ccc2[nH]ccc2c1)C1CC1)n1cccn1. The van der Waals surface area contributed by atoms with Gasteiger partial charge in [0.15, 0.2) is 0 Å². The summed E-state index contributed by atoms with van der Waals surface area (Å²) in [6.07, 6.45) is 8.52. The van der Waals surface area contributed by atoms with E-state index in [0.29, 0.717) is 12.6 Å². The smallest absolute Gasteiger partial charge is 0.247 e. The van der Waals surface area contributed by atoms with Gasteiger partial charge in [-0.1, -0.05) is 13.0 Å². The lowest BCUT2D eigenvalue weighted by atomic mass is 10.1. The third-order valence-corrected chi connectivity index (χ3v) is 4.76. The number of nitrogens with one attached hydrogen (secondary N) is 1. The molecule has 0 bridgehead atoms. The normalized spacial score (nSPS) is 15.5. The van der Waals surface area contributed by atoms with Crippen molar-refractivity contribution in [2.75, 3.05) is 0 Å². The van der Waals surface area contributed by atoms with Crippen LogP contribution in [0.1, 0.15) is 37.8 Å². The van der Waals surface area contributed by atoms with Crippen LogP contribution in [0, 0.1) is 0 Å². The number of hydrogen-bond donors (Lipinski definition) is 1. The molecule has 124 valence electrons. The van der Waals surface area contributed by atoms with Crippen LogP contribution in [0.3, 0.4) is 0 Å². The molecule has 1 N–H and O–H groups in total. The van der Waals surface area contributed by atoms with Crippen molar-refractivity contribution in [1.29, 1.82) is 0 Å². The standard InChI is InChI=1S/C19H22N4O/c1-2-18(23-11-3-9-21-23)19(24)22(16-5-6-16)13-14-4-7-17-15(12-14)8-10-20-17/h3-4,7-12,16,18,20H,2,5-6,13H2,1H3. The molecule has 0 radical (unpaired) electrons. The molecule has 1 atom stereocenters. The summed E-state index contributed by atoms with van der Waals surface area (Å²) in [4.78, 5) is 18.4. The molecule has 5 nitrogen and oxygen atoms in total. The van der Waals surface area contributed by atoms with Crippen LogP contribution < -0.4 is 0 Å². The molecule has 1 saturated carbocycles. The van der Waals surface area contributed by atoms with Gasteiger partial charge in [0.1, 0.15) is 6.04 Å². The minimum Gasteiger partial charge on any atom is -0.361 e. The molecule has 0 saturated heterocycles. The first-order valence-corrected chi connectivity index (χ1v) is 8.62. The monoisotopic (exact) mass is 322 g/mol. The molecule has 2 aromatic heterocycles. The van der Waals surface area contributed by atoms with Crippen molar-refractivity contribution < 1.29 is 4.79 Å². The van der Waals surface area contributed by atoms with Crippen molar-refractivity contribution in [2.45, 2.75) is 44.8 Å². The van der Waals surface area contributed by atoms with Crippen LogP contribution in [-0.2, 0) is 11.3 Å². The number of aromatic amines is 1. The molecule has 1 aromatic carbocycles. The highest BCUT2D eigenvalue weighted by Gasteiger charge is 2.36. The molecule has 1 aliphatic carbocycles. The van der Waals surface area contributed by atoms with Gasteiger partial charge in [0.05, 0.1) is 0 Å². The molecule has 3 aromatic rings. The van der Waals surface area contributed by atoms with E-state index < -0.39 is 0 Å². The van der Waals surface area contributed by atoms with Gasteiger partial charge in [-0.15, -0.1) is 0 Å². The van der Waals surface area contributed by atoms with Crippen molar-refractivity contribution in [1.82, 2.24) is 19.7 Å². The lowest BCUT2D eigenvalue weighted by Crippen LogP contribution is -2.38. The molecule has 0 spiro atoms. The summed E-state index contributed by atoms with van der Waals surface area (Å²) in [6, 6.07) is 10.5. The Bertz CT molecular complexity index is 832. The highest BCUT2D eigenvalue weighted by atomic mass is 16.2. The molecule has 1 amide bonds. The van der Waals surface area contributed by atoms with Gasteiger partial charge in [0.25, 0.3) is 0 Å². The van der Waals surface area contributed by atoms with Crippen LogP contribution in [0.2, 0.25) is 0 Å². The van der Waals surface area contributed by atoms with Gasteiger partial charge in [0.2, 0.25) is 5.91 Å². The van der Waals surface area contributed by atoms with Gasteiger partial charge in [-0.3, -0.25) is 9.48 Å². The van der Waals surface area contributed by atoms with E-state index in [1.165, 1.54) is 10.9 Å². The maximum absolute atomic E-state index is 13.1. The molecule has 1 aliphatic rings. The number of fused-ring (bicyclic) bond motifs is 1. The van der Waals surface area contributed by atoms with E-state index in [0.717, 1.165) is 24.8 Å². The van der Waals surface area contributed by atoms with E-state index in [4.69, 9.17) is 0 Å². The van der Waals surface area contributed by atoms with Gasteiger partial charge in [0, 0.05) is 36.7 Å². The summed E-state index contributed by atoms with van der Waals surface area (Å²) < 4.78 is 1.78. The third-order valence-electron chi connectivity index (χ3n) is 4.76. The van der Waals surface area contributed by atoms with Crippen LogP contribution in [-0.4, -0.2) is 31.6 Å². The number of amides is 1. The molecule has 4 rings (SSSR count). The topological polar surface area (TPSA) is 53.9 Å². The van der Waals surface area contributed by atoms with E-state index >= 15 is 0 Å². The van der Waals surface area contributed by atoms with Gasteiger partial charge in [-0.05, 0) is 54.5 Å². The Kier molecular flexibility index (Phi) is 3.84. The number of carbonyl (C=O) groups is 1. The average molecular weight is 322 g/mol. The fraction of sp³-hybridized carbons (Fsp3) is 0.368. The molecule has 5 heteroatoms. The highest BCUT2D eigenvalue weighted by molar-refractivity contribution is 5.82. The van der Waals surface area contributed by atoms with Crippen LogP contribution in [0.5, 0.6) is 0 Å². The Balaban J connectivity index is 1.58. The predicted molar refractivity (Wildman–Crippen MR) is 93.4 cm³/mol. The van der Waals surface area contributed by atoms with Crippen LogP contribution in [0.4, 0.5) is 0 Å². The fourth-order valence-corrected chi connectivity index (χ4v) is 3.30. The minimum atomic E-state index is -0.211. The molecule has 1 unspecified atom stereocenters. The van der Waals surface area contributed by atoms with Crippen LogP contribution in [0.25, 0.3) is 10.9 Å². The average Bonchev–Trinajstić information content (AvgIpc) is 3.09. The number of H-pyrrole nitrogens is 1. The Hall–Kier alpha value is -2.56. The van der Waals surface area contributed by atoms with Crippen molar-refractivity contribution in [3.63, 3.8) is 0 Å². The van der Waals surface area contributed by atoms with Crippen molar-refractivity contribution >= 4 is 16.8 Å². The number of benzene rings is 1. The van der Waals surface area contributed by atoms with Crippen LogP contribution >= 0.6 is 0 Å². The zero-order chi connectivity index (χ0) is 16.5. The zero-order valence-electron chi connectivity index (χ0n) is 13.9. The lowest BCUT2D eigenvalue weighted by molar-refractivity contribution is -0.136. The molecule has 24 heavy (non-hydrogen) atoms. The summed E-state index contributed by atoms with van der Waals surface area (Å²) in [6.45, 7) is 2.71. The Morgan fingerprint density at radius 1 is 1.42 bits per heavy atom. The summed E-state index contributed by atoms with van der Waals surface area (Å²) in [5.74, 6) is 0.179. The molecular weight excluding hydrogens is 300 g/mol. The maximum atomic E-state index is 13.1. The maximum Gasteiger partial charge on any atom is 0.247 e. The van der Waals surface area contributed by atoms with Crippen molar-refractivity contribution in [3.8, 4) is 0 Å². The molecule has 2 heterocycles. The second kappa shape index (κ2) is 6.15. The number of carbonyl (C=O) groups excluding carboxylic acids is 1. The molecule has 1 fully saturated rings. The third kappa shape index (κ3) is 2.82. The Morgan fingerprint density at radius 3 is 3.00 bits per heavy atom. The zero-order valence-corrected chi connectivity index (χ0v) is 13.9. The molecular formula is C19H22N4O. The first kappa shape index (κ1) is 15.0. The van der Waals surface area contributed by atoms with E-state index in [1.54, 1.807) is 10.9 Å². The largest absolute Gasteiger partial charge is 0.361 e. The highest BCUT2D eigenvalue weighted by Crippen LogP contribution is 2.31. The number of hydrogen-bond acceptors (Lipinski definition) is 2. The van der Waals surface area contributed by atoms with Gasteiger partial charge >= 0.3 is 0 Å². The summed E-state index contributed by atoms with van der Waals surface area (Å²) >= 11 is 0. The van der Waals surface area contributed by atoms with E-state index in [9.17, 15) is 4.79 Å². The van der Waals surface area contributed by atoms with E-state index in [-0.39, 0.29) is 11.9 Å². The number of nitrogens with zero attached hydrogens (tertiary/aromatic N) is 3. The number of aromatic nitrogens is 3. The Labute approximate surface area is 141 Å². The molecule has 0 aliphatic heterocycles. The lowest BCUT2D eigenvalue weighted by Gasteiger charge is -2.27. The number of rotatable bonds is 6. The fourth-order valence-electron chi connectivity index (χ4n) is 3.30. The first-order valence-electron chi connectivity index (χ1n) is 8.62. The first-order chi connectivity index (χ1) is 11.8. The summed E-state index contributed by atoms with van der Waals surface area (Å²) in [5.41, 5.74) is 2.31. The predicted octanol–water partition coefficient (Wildman–Crippen LogP) is 3.51.